The molecule has 20 heavy (non-hydrogen) atoms. The fourth-order valence-corrected chi connectivity index (χ4v) is 2.60. The molecule has 0 saturated carbocycles. The molecule has 0 unspecified atom stereocenters. The van der Waals surface area contributed by atoms with Gasteiger partial charge in [-0.25, -0.2) is 4.39 Å². The molecule has 0 aliphatic rings. The van der Waals surface area contributed by atoms with Crippen molar-refractivity contribution in [2.24, 2.45) is 0 Å². The maximum absolute atomic E-state index is 13.8. The van der Waals surface area contributed by atoms with Crippen LogP contribution in [0.1, 0.15) is 15.9 Å². The van der Waals surface area contributed by atoms with E-state index < -0.39 is 5.82 Å². The molecule has 1 heterocycles. The van der Waals surface area contributed by atoms with Crippen LogP contribution in [0, 0.1) is 17.7 Å². The Hall–Kier alpha value is -1.68. The number of hydrogen-bond acceptors (Lipinski definition) is 3. The topological polar surface area (TPSA) is 49.3 Å². The van der Waals surface area contributed by atoms with E-state index in [-0.39, 0.29) is 18.2 Å². The van der Waals surface area contributed by atoms with Gasteiger partial charge in [-0.3, -0.25) is 4.79 Å². The third kappa shape index (κ3) is 3.67. The number of thiophene rings is 1. The van der Waals surface area contributed by atoms with Gasteiger partial charge in [0.1, 0.15) is 12.4 Å². The first-order valence-corrected chi connectivity index (χ1v) is 7.22. The van der Waals surface area contributed by atoms with Crippen LogP contribution in [0.25, 0.3) is 0 Å². The van der Waals surface area contributed by atoms with Gasteiger partial charge in [-0.15, -0.1) is 11.3 Å². The second-order valence-electron chi connectivity index (χ2n) is 3.75. The standard InChI is InChI=1S/C14H9BrFNO2S/c15-13-7-10(8-20-13)14(19)17-12-4-3-9(2-1-5-18)6-11(12)16/h3-4,6-8,18H,5H2,(H,17,19). The predicted molar refractivity (Wildman–Crippen MR) is 80.3 cm³/mol. The number of nitrogens with one attached hydrogen (secondary N) is 1. The average molecular weight is 354 g/mol. The molecule has 0 spiro atoms. The van der Waals surface area contributed by atoms with Crippen molar-refractivity contribution >= 4 is 38.9 Å². The third-order valence-electron chi connectivity index (χ3n) is 2.36. The Morgan fingerprint density at radius 3 is 2.85 bits per heavy atom. The summed E-state index contributed by atoms with van der Waals surface area (Å²) in [6.45, 7) is -0.285. The number of benzene rings is 1. The maximum Gasteiger partial charge on any atom is 0.256 e. The van der Waals surface area contributed by atoms with Gasteiger partial charge in [0, 0.05) is 10.9 Å². The second-order valence-corrected chi connectivity index (χ2v) is 6.04. The highest BCUT2D eigenvalue weighted by molar-refractivity contribution is 9.11. The Morgan fingerprint density at radius 1 is 1.45 bits per heavy atom. The van der Waals surface area contributed by atoms with Crippen LogP contribution in [-0.2, 0) is 0 Å². The number of aliphatic hydroxyl groups excluding tert-OH is 1. The number of amides is 1. The van der Waals surface area contributed by atoms with Crippen molar-refractivity contribution < 1.29 is 14.3 Å². The SMILES string of the molecule is O=C(Nc1ccc(C#CCO)cc1F)c1csc(Br)c1. The molecule has 0 saturated heterocycles. The zero-order valence-electron chi connectivity index (χ0n) is 10.1. The summed E-state index contributed by atoms with van der Waals surface area (Å²) < 4.78 is 14.6. The van der Waals surface area contributed by atoms with E-state index in [0.29, 0.717) is 11.1 Å². The summed E-state index contributed by atoms with van der Waals surface area (Å²) in [6, 6.07) is 5.89. The molecule has 0 aliphatic heterocycles. The summed E-state index contributed by atoms with van der Waals surface area (Å²) in [5, 5.41) is 12.7. The largest absolute Gasteiger partial charge is 0.384 e. The number of halogens is 2. The smallest absolute Gasteiger partial charge is 0.256 e. The number of rotatable bonds is 2. The molecule has 102 valence electrons. The van der Waals surface area contributed by atoms with Crippen molar-refractivity contribution in [2.75, 3.05) is 11.9 Å². The van der Waals surface area contributed by atoms with Gasteiger partial charge in [-0.2, -0.15) is 0 Å². The van der Waals surface area contributed by atoms with Crippen molar-refractivity contribution in [2.45, 2.75) is 0 Å². The Morgan fingerprint density at radius 2 is 2.25 bits per heavy atom. The number of anilines is 1. The van der Waals surface area contributed by atoms with E-state index in [9.17, 15) is 9.18 Å². The summed E-state index contributed by atoms with van der Waals surface area (Å²) >= 11 is 4.64. The fraction of sp³-hybridized carbons (Fsp3) is 0.0714. The van der Waals surface area contributed by atoms with E-state index in [1.165, 1.54) is 23.5 Å². The number of carbonyl (C=O) groups excluding carboxylic acids is 1. The minimum absolute atomic E-state index is 0.0897. The number of carbonyl (C=O) groups is 1. The molecule has 2 rings (SSSR count). The number of aliphatic hydroxyl groups is 1. The highest BCUT2D eigenvalue weighted by atomic mass is 79.9. The van der Waals surface area contributed by atoms with E-state index in [4.69, 9.17) is 5.11 Å². The van der Waals surface area contributed by atoms with Crippen LogP contribution in [0.3, 0.4) is 0 Å². The summed E-state index contributed by atoms with van der Waals surface area (Å²) in [5.74, 6) is 4.07. The van der Waals surface area contributed by atoms with E-state index in [1.807, 2.05) is 0 Å². The summed E-state index contributed by atoms with van der Waals surface area (Å²) in [4.78, 5) is 11.9. The summed E-state index contributed by atoms with van der Waals surface area (Å²) in [7, 11) is 0. The molecule has 3 nitrogen and oxygen atoms in total. The van der Waals surface area contributed by atoms with Gasteiger partial charge < -0.3 is 10.4 Å². The molecule has 2 N–H and O–H groups in total. The lowest BCUT2D eigenvalue weighted by Gasteiger charge is -2.05. The van der Waals surface area contributed by atoms with Crippen LogP contribution in [0.15, 0.2) is 33.4 Å². The zero-order valence-corrected chi connectivity index (χ0v) is 12.5. The van der Waals surface area contributed by atoms with Crippen LogP contribution >= 0.6 is 27.3 Å². The van der Waals surface area contributed by atoms with Gasteiger partial charge in [0.25, 0.3) is 5.91 Å². The molecule has 0 atom stereocenters. The predicted octanol–water partition coefficient (Wildman–Crippen LogP) is 3.25. The summed E-state index contributed by atoms with van der Waals surface area (Å²) in [5.41, 5.74) is 0.991. The van der Waals surface area contributed by atoms with Gasteiger partial charge in [-0.1, -0.05) is 11.8 Å². The van der Waals surface area contributed by atoms with Crippen LogP contribution in [0.5, 0.6) is 0 Å². The minimum atomic E-state index is -0.572. The van der Waals surface area contributed by atoms with E-state index in [2.05, 4.69) is 33.1 Å². The third-order valence-corrected chi connectivity index (χ3v) is 3.86. The average Bonchev–Trinajstić information content (AvgIpc) is 2.86. The van der Waals surface area contributed by atoms with Crippen molar-refractivity contribution in [3.8, 4) is 11.8 Å². The molecule has 0 bridgehead atoms. The molecule has 2 aromatic rings. The molecule has 1 amide bonds. The molecule has 6 heteroatoms. The van der Waals surface area contributed by atoms with Crippen LogP contribution in [0.4, 0.5) is 10.1 Å². The van der Waals surface area contributed by atoms with Crippen molar-refractivity contribution in [3.63, 3.8) is 0 Å². The second kappa shape index (κ2) is 6.66. The molecular formula is C14H9BrFNO2S. The molecule has 1 aromatic heterocycles. The molecular weight excluding hydrogens is 345 g/mol. The van der Waals surface area contributed by atoms with Crippen LogP contribution in [-0.4, -0.2) is 17.6 Å². The molecule has 0 aliphatic carbocycles. The monoisotopic (exact) mass is 353 g/mol. The lowest BCUT2D eigenvalue weighted by atomic mass is 10.2. The van der Waals surface area contributed by atoms with Crippen LogP contribution in [0.2, 0.25) is 0 Å². The highest BCUT2D eigenvalue weighted by Gasteiger charge is 2.11. The Balaban J connectivity index is 2.16. The van der Waals surface area contributed by atoms with Gasteiger partial charge in [0.2, 0.25) is 0 Å². The van der Waals surface area contributed by atoms with Crippen molar-refractivity contribution in [1.82, 2.24) is 0 Å². The van der Waals surface area contributed by atoms with E-state index in [1.54, 1.807) is 17.5 Å². The first kappa shape index (κ1) is 14.7. The molecule has 0 fully saturated rings. The van der Waals surface area contributed by atoms with Crippen LogP contribution < -0.4 is 5.32 Å². The Kier molecular flexibility index (Phi) is 4.90. The van der Waals surface area contributed by atoms with E-state index >= 15 is 0 Å². The normalized spacial score (nSPS) is 9.75. The quantitative estimate of drug-likeness (QED) is 0.814. The fourth-order valence-electron chi connectivity index (χ4n) is 1.46. The van der Waals surface area contributed by atoms with Crippen molar-refractivity contribution in [1.29, 1.82) is 0 Å². The van der Waals surface area contributed by atoms with E-state index in [0.717, 1.165) is 3.79 Å². The Bertz CT molecular complexity index is 703. The minimum Gasteiger partial charge on any atom is -0.384 e. The highest BCUT2D eigenvalue weighted by Crippen LogP contribution is 2.22. The Labute approximate surface area is 127 Å². The molecule has 0 radical (unpaired) electrons. The van der Waals surface area contributed by atoms with Gasteiger partial charge in [-0.05, 0) is 40.2 Å². The first-order chi connectivity index (χ1) is 9.60. The van der Waals surface area contributed by atoms with Gasteiger partial charge in [0.15, 0.2) is 0 Å². The maximum atomic E-state index is 13.8. The lowest BCUT2D eigenvalue weighted by Crippen LogP contribution is -2.12. The number of hydrogen-bond donors (Lipinski definition) is 2. The summed E-state index contributed by atoms with van der Waals surface area (Å²) in [6.07, 6.45) is 0. The lowest BCUT2D eigenvalue weighted by molar-refractivity contribution is 0.102. The zero-order chi connectivity index (χ0) is 14.5. The van der Waals surface area contributed by atoms with Gasteiger partial charge in [0.05, 0.1) is 15.0 Å². The molecule has 1 aromatic carbocycles. The van der Waals surface area contributed by atoms with Crippen molar-refractivity contribution in [3.05, 3.63) is 50.4 Å². The first-order valence-electron chi connectivity index (χ1n) is 5.55. The van der Waals surface area contributed by atoms with Gasteiger partial charge >= 0.3 is 0 Å².